The number of ether oxygens (including phenoxy) is 1. The highest BCUT2D eigenvalue weighted by atomic mass is 79.9. The molecule has 3 N–H and O–H groups in total. The molecule has 0 radical (unpaired) electrons. The molecule has 3 aromatic carbocycles. The molecule has 1 atom stereocenters. The number of sulfonamides is 1. The van der Waals surface area contributed by atoms with E-state index in [4.69, 9.17) is 16.3 Å². The Morgan fingerprint density at radius 2 is 1.62 bits per heavy atom. The largest absolute Gasteiger partial charge is 0.494 e. The zero-order valence-electron chi connectivity index (χ0n) is 22.0. The lowest BCUT2D eigenvalue weighted by atomic mass is 10.1. The number of carboxylic acid groups (broad SMARTS) is 1. The highest BCUT2D eigenvalue weighted by molar-refractivity contribution is 9.10. The first kappa shape index (κ1) is 31.6. The van der Waals surface area contributed by atoms with E-state index in [1.807, 2.05) is 37.3 Å². The molecule has 40 heavy (non-hydrogen) atoms. The topological polar surface area (TPSA) is 122 Å². The number of unbranched alkanes of at least 4 members (excludes halogenated alkanes) is 1. The van der Waals surface area contributed by atoms with Crippen LogP contribution in [-0.4, -0.2) is 44.6 Å². The van der Waals surface area contributed by atoms with Crippen molar-refractivity contribution in [3.63, 3.8) is 0 Å². The van der Waals surface area contributed by atoms with E-state index in [1.165, 1.54) is 12.1 Å². The van der Waals surface area contributed by atoms with Crippen LogP contribution in [0.15, 0.2) is 76.1 Å². The minimum atomic E-state index is -4.03. The highest BCUT2D eigenvalue weighted by Crippen LogP contribution is 2.24. The minimum Gasteiger partial charge on any atom is -0.494 e. The fourth-order valence-corrected chi connectivity index (χ4v) is 5.48. The number of hydrogen-bond donors (Lipinski definition) is 3. The number of aliphatic carboxylic acids is 1. The van der Waals surface area contributed by atoms with Crippen molar-refractivity contribution in [3.8, 4) is 16.9 Å². The Morgan fingerprint density at radius 1 is 0.975 bits per heavy atom. The van der Waals surface area contributed by atoms with Crippen molar-refractivity contribution in [2.24, 2.45) is 0 Å². The molecule has 0 aliphatic carbocycles. The summed E-state index contributed by atoms with van der Waals surface area (Å²) in [7, 11) is -4.03. The van der Waals surface area contributed by atoms with Crippen molar-refractivity contribution < 1.29 is 27.9 Å². The summed E-state index contributed by atoms with van der Waals surface area (Å²) in [6, 6.07) is 18.0. The summed E-state index contributed by atoms with van der Waals surface area (Å²) in [5.74, 6) is -0.684. The molecule has 0 fully saturated rings. The first-order chi connectivity index (χ1) is 19.0. The number of benzene rings is 3. The van der Waals surface area contributed by atoms with E-state index < -0.39 is 22.0 Å². The van der Waals surface area contributed by atoms with Crippen molar-refractivity contribution in [3.05, 3.63) is 81.8 Å². The number of carbonyl (C=O) groups excluding carboxylic acids is 1. The number of amides is 1. The van der Waals surface area contributed by atoms with Crippen LogP contribution >= 0.6 is 27.5 Å². The number of carboxylic acids is 1. The molecule has 0 heterocycles. The van der Waals surface area contributed by atoms with E-state index in [9.17, 15) is 23.1 Å². The van der Waals surface area contributed by atoms with Crippen LogP contribution in [0.5, 0.6) is 5.75 Å². The molecule has 0 saturated heterocycles. The van der Waals surface area contributed by atoms with E-state index in [0.29, 0.717) is 49.6 Å². The smallest absolute Gasteiger partial charge is 0.321 e. The van der Waals surface area contributed by atoms with Gasteiger partial charge in [0.2, 0.25) is 15.9 Å². The Kier molecular flexibility index (Phi) is 12.0. The van der Waals surface area contributed by atoms with E-state index in [0.717, 1.165) is 21.2 Å². The molecule has 1 amide bonds. The standard InChI is InChI=1S/C29H32BrClN2O6S/c1-20-19-24(13-16-26(20)31)39-18-4-6-28(34)32-17-3-2-5-27(29(35)36)33-40(37,38)25-14-9-22(10-15-25)21-7-11-23(30)12-8-21/h7-16,19,27,33H,2-6,17-18H2,1H3,(H,32,34)(H,35,36). The molecule has 0 aliphatic rings. The van der Waals surface area contributed by atoms with Gasteiger partial charge < -0.3 is 15.2 Å². The van der Waals surface area contributed by atoms with Gasteiger partial charge in [0.15, 0.2) is 0 Å². The zero-order chi connectivity index (χ0) is 29.1. The first-order valence-electron chi connectivity index (χ1n) is 12.8. The number of carbonyl (C=O) groups is 2. The summed E-state index contributed by atoms with van der Waals surface area (Å²) in [6.45, 7) is 2.65. The summed E-state index contributed by atoms with van der Waals surface area (Å²) >= 11 is 9.38. The molecule has 0 spiro atoms. The minimum absolute atomic E-state index is 0.0120. The zero-order valence-corrected chi connectivity index (χ0v) is 25.2. The molecule has 0 aliphatic heterocycles. The van der Waals surface area contributed by atoms with Crippen molar-refractivity contribution in [2.75, 3.05) is 13.2 Å². The van der Waals surface area contributed by atoms with Crippen molar-refractivity contribution >= 4 is 49.4 Å². The maximum Gasteiger partial charge on any atom is 0.321 e. The lowest BCUT2D eigenvalue weighted by Gasteiger charge is -2.15. The predicted molar refractivity (Wildman–Crippen MR) is 159 cm³/mol. The Hall–Kier alpha value is -2.92. The van der Waals surface area contributed by atoms with Gasteiger partial charge in [-0.2, -0.15) is 4.72 Å². The third-order valence-corrected chi connectivity index (χ3v) is 8.57. The third kappa shape index (κ3) is 9.92. The van der Waals surface area contributed by atoms with Gasteiger partial charge in [-0.05, 0) is 91.8 Å². The van der Waals surface area contributed by atoms with Crippen LogP contribution in [0.2, 0.25) is 5.02 Å². The molecule has 1 unspecified atom stereocenters. The van der Waals surface area contributed by atoms with Crippen LogP contribution in [-0.2, 0) is 19.6 Å². The second kappa shape index (κ2) is 15.2. The normalized spacial score (nSPS) is 12.1. The van der Waals surface area contributed by atoms with Gasteiger partial charge in [0, 0.05) is 22.5 Å². The summed E-state index contributed by atoms with van der Waals surface area (Å²) in [4.78, 5) is 23.8. The van der Waals surface area contributed by atoms with Gasteiger partial charge in [-0.25, -0.2) is 8.42 Å². The molecule has 0 saturated carbocycles. The molecule has 0 bridgehead atoms. The predicted octanol–water partition coefficient (Wildman–Crippen LogP) is 5.96. The van der Waals surface area contributed by atoms with Gasteiger partial charge >= 0.3 is 5.97 Å². The molecule has 3 rings (SSSR count). The summed E-state index contributed by atoms with van der Waals surface area (Å²) in [5.41, 5.74) is 2.69. The van der Waals surface area contributed by atoms with Gasteiger partial charge in [-0.3, -0.25) is 9.59 Å². The van der Waals surface area contributed by atoms with Crippen molar-refractivity contribution in [1.82, 2.24) is 10.0 Å². The number of hydrogen-bond acceptors (Lipinski definition) is 5. The molecule has 11 heteroatoms. The molecular formula is C29H32BrClN2O6S. The third-order valence-electron chi connectivity index (χ3n) is 6.13. The maximum atomic E-state index is 12.8. The van der Waals surface area contributed by atoms with Crippen LogP contribution in [0.25, 0.3) is 11.1 Å². The van der Waals surface area contributed by atoms with Gasteiger partial charge in [-0.15, -0.1) is 0 Å². The highest BCUT2D eigenvalue weighted by Gasteiger charge is 2.25. The van der Waals surface area contributed by atoms with Crippen LogP contribution in [0.3, 0.4) is 0 Å². The number of nitrogens with one attached hydrogen (secondary N) is 2. The number of rotatable bonds is 15. The van der Waals surface area contributed by atoms with Crippen LogP contribution in [0, 0.1) is 6.92 Å². The monoisotopic (exact) mass is 650 g/mol. The quantitative estimate of drug-likeness (QED) is 0.175. The molecule has 214 valence electrons. The summed E-state index contributed by atoms with van der Waals surface area (Å²) < 4.78 is 34.5. The Morgan fingerprint density at radius 3 is 2.25 bits per heavy atom. The molecular weight excluding hydrogens is 620 g/mol. The lowest BCUT2D eigenvalue weighted by molar-refractivity contribution is -0.139. The summed E-state index contributed by atoms with van der Waals surface area (Å²) in [5, 5.41) is 13.0. The van der Waals surface area contributed by atoms with Gasteiger partial charge in [-0.1, -0.05) is 51.8 Å². The van der Waals surface area contributed by atoms with Crippen LogP contribution < -0.4 is 14.8 Å². The van der Waals surface area contributed by atoms with Gasteiger partial charge in [0.05, 0.1) is 11.5 Å². The number of halogens is 2. The fourth-order valence-electron chi connectivity index (χ4n) is 3.88. The molecule has 0 aromatic heterocycles. The maximum absolute atomic E-state index is 12.8. The van der Waals surface area contributed by atoms with Gasteiger partial charge in [0.25, 0.3) is 0 Å². The first-order valence-corrected chi connectivity index (χ1v) is 15.5. The average Bonchev–Trinajstić information content (AvgIpc) is 2.92. The molecule has 8 nitrogen and oxygen atoms in total. The van der Waals surface area contributed by atoms with E-state index in [1.54, 1.807) is 24.3 Å². The Balaban J connectivity index is 1.38. The van der Waals surface area contributed by atoms with E-state index in [-0.39, 0.29) is 17.2 Å². The second-order valence-corrected chi connectivity index (χ2v) is 12.3. The van der Waals surface area contributed by atoms with Gasteiger partial charge in [0.1, 0.15) is 11.8 Å². The Labute approximate surface area is 248 Å². The molecule has 3 aromatic rings. The van der Waals surface area contributed by atoms with Crippen LogP contribution in [0.1, 0.15) is 37.7 Å². The SMILES string of the molecule is Cc1cc(OCCCC(=O)NCCCCC(NS(=O)(=O)c2ccc(-c3ccc(Br)cc3)cc2)C(=O)O)ccc1Cl. The van der Waals surface area contributed by atoms with Crippen molar-refractivity contribution in [2.45, 2.75) is 50.0 Å². The summed E-state index contributed by atoms with van der Waals surface area (Å²) in [6.07, 6.45) is 1.86. The number of aryl methyl sites for hydroxylation is 1. The van der Waals surface area contributed by atoms with E-state index in [2.05, 4.69) is 26.0 Å². The van der Waals surface area contributed by atoms with Crippen molar-refractivity contribution in [1.29, 1.82) is 0 Å². The second-order valence-electron chi connectivity index (χ2n) is 9.25. The lowest BCUT2D eigenvalue weighted by Crippen LogP contribution is -2.40. The van der Waals surface area contributed by atoms with E-state index >= 15 is 0 Å². The fraction of sp³-hybridized carbons (Fsp3) is 0.310. The van der Waals surface area contributed by atoms with Crippen LogP contribution in [0.4, 0.5) is 0 Å². The Bertz CT molecular complexity index is 1400. The average molecular weight is 652 g/mol.